The van der Waals surface area contributed by atoms with Crippen molar-refractivity contribution in [2.75, 3.05) is 6.61 Å². The molecule has 2 aromatic rings. The molecule has 0 amide bonds. The van der Waals surface area contributed by atoms with Crippen LogP contribution in [0.25, 0.3) is 0 Å². The Morgan fingerprint density at radius 1 is 1.14 bits per heavy atom. The highest BCUT2D eigenvalue weighted by Gasteiger charge is 2.14. The summed E-state index contributed by atoms with van der Waals surface area (Å²) >= 11 is 0. The molecule has 0 aliphatic rings. The molecule has 0 radical (unpaired) electrons. The van der Waals surface area contributed by atoms with Gasteiger partial charge in [-0.2, -0.15) is 0 Å². The van der Waals surface area contributed by atoms with Crippen LogP contribution in [0.3, 0.4) is 0 Å². The van der Waals surface area contributed by atoms with Gasteiger partial charge in [0.1, 0.15) is 5.75 Å². The summed E-state index contributed by atoms with van der Waals surface area (Å²) in [5.74, 6) is 0.432. The van der Waals surface area contributed by atoms with Crippen LogP contribution in [0.5, 0.6) is 5.75 Å². The number of imidazole rings is 1. The molecule has 0 saturated carbocycles. The quantitative estimate of drug-likeness (QED) is 0.735. The first-order valence-corrected chi connectivity index (χ1v) is 7.18. The Morgan fingerprint density at radius 2 is 1.86 bits per heavy atom. The molecule has 0 atom stereocenters. The predicted molar refractivity (Wildman–Crippen MR) is 80.9 cm³/mol. The second-order valence-electron chi connectivity index (χ2n) is 4.75. The lowest BCUT2D eigenvalue weighted by atomic mass is 10.1. The molecule has 0 bridgehead atoms. The molecule has 0 aliphatic carbocycles. The number of hydrogen-bond acceptors (Lipinski definition) is 3. The Kier molecular flexibility index (Phi) is 4.98. The van der Waals surface area contributed by atoms with Gasteiger partial charge >= 0.3 is 5.69 Å². The van der Waals surface area contributed by atoms with Gasteiger partial charge in [0.2, 0.25) is 0 Å². The van der Waals surface area contributed by atoms with Crippen molar-refractivity contribution in [3.8, 4) is 5.75 Å². The molecule has 112 valence electrons. The van der Waals surface area contributed by atoms with Crippen molar-refractivity contribution >= 4 is 5.78 Å². The van der Waals surface area contributed by atoms with Gasteiger partial charge in [-0.3, -0.25) is 13.9 Å². The SMILES string of the molecule is CCCn1ccn(CC(=O)c2ccccc2OCC)c1=O. The molecule has 0 unspecified atom stereocenters. The maximum absolute atomic E-state index is 12.4. The number of ketones is 1. The number of benzene rings is 1. The summed E-state index contributed by atoms with van der Waals surface area (Å²) < 4.78 is 8.50. The Bertz CT molecular complexity index is 670. The van der Waals surface area contributed by atoms with Gasteiger partial charge in [0, 0.05) is 18.9 Å². The number of nitrogens with zero attached hydrogens (tertiary/aromatic N) is 2. The third-order valence-electron chi connectivity index (χ3n) is 3.18. The van der Waals surface area contributed by atoms with Gasteiger partial charge in [-0.25, -0.2) is 4.79 Å². The number of para-hydroxylation sites is 1. The van der Waals surface area contributed by atoms with E-state index in [0.717, 1.165) is 6.42 Å². The van der Waals surface area contributed by atoms with E-state index in [-0.39, 0.29) is 18.0 Å². The molecule has 0 saturated heterocycles. The van der Waals surface area contributed by atoms with Crippen LogP contribution in [-0.4, -0.2) is 21.5 Å². The van der Waals surface area contributed by atoms with Crippen LogP contribution in [0.4, 0.5) is 0 Å². The Balaban J connectivity index is 2.20. The van der Waals surface area contributed by atoms with E-state index in [1.165, 1.54) is 4.57 Å². The zero-order valence-corrected chi connectivity index (χ0v) is 12.4. The standard InChI is InChI=1S/C16H20N2O3/c1-3-9-17-10-11-18(16(17)20)12-14(19)13-7-5-6-8-15(13)21-4-2/h5-8,10-11H,3-4,9,12H2,1-2H3. The Hall–Kier alpha value is -2.30. The highest BCUT2D eigenvalue weighted by molar-refractivity contribution is 5.98. The van der Waals surface area contributed by atoms with Crippen molar-refractivity contribution < 1.29 is 9.53 Å². The summed E-state index contributed by atoms with van der Waals surface area (Å²) in [7, 11) is 0. The average Bonchev–Trinajstić information content (AvgIpc) is 2.82. The number of hydrogen-bond donors (Lipinski definition) is 0. The fraction of sp³-hybridized carbons (Fsp3) is 0.375. The second kappa shape index (κ2) is 6.92. The van der Waals surface area contributed by atoms with Crippen LogP contribution in [0, 0.1) is 0 Å². The number of Topliss-reactive ketones (excluding diaryl/α,β-unsaturated/α-hetero) is 1. The summed E-state index contributed by atoms with van der Waals surface area (Å²) in [5, 5.41) is 0. The maximum Gasteiger partial charge on any atom is 0.328 e. The van der Waals surface area contributed by atoms with Crippen molar-refractivity contribution in [2.45, 2.75) is 33.4 Å². The van der Waals surface area contributed by atoms with E-state index in [2.05, 4.69) is 0 Å². The maximum atomic E-state index is 12.4. The highest BCUT2D eigenvalue weighted by atomic mass is 16.5. The zero-order chi connectivity index (χ0) is 15.2. The molecule has 0 spiro atoms. The number of carbonyl (C=O) groups is 1. The van der Waals surface area contributed by atoms with Crippen molar-refractivity contribution in [1.82, 2.24) is 9.13 Å². The summed E-state index contributed by atoms with van der Waals surface area (Å²) in [6.45, 7) is 5.07. The Morgan fingerprint density at radius 3 is 2.57 bits per heavy atom. The molecule has 5 heteroatoms. The van der Waals surface area contributed by atoms with Gasteiger partial charge in [0.25, 0.3) is 0 Å². The topological polar surface area (TPSA) is 53.2 Å². The van der Waals surface area contributed by atoms with E-state index in [1.54, 1.807) is 35.2 Å². The number of aryl methyl sites for hydroxylation is 1. The van der Waals surface area contributed by atoms with Gasteiger partial charge in [-0.1, -0.05) is 19.1 Å². The van der Waals surface area contributed by atoms with E-state index >= 15 is 0 Å². The minimum Gasteiger partial charge on any atom is -0.493 e. The van der Waals surface area contributed by atoms with Gasteiger partial charge < -0.3 is 4.74 Å². The summed E-state index contributed by atoms with van der Waals surface area (Å²) in [5.41, 5.74) is 0.355. The molecule has 0 N–H and O–H groups in total. The van der Waals surface area contributed by atoms with E-state index in [1.807, 2.05) is 19.9 Å². The fourth-order valence-corrected chi connectivity index (χ4v) is 2.20. The number of carbonyl (C=O) groups excluding carboxylic acids is 1. The molecule has 2 rings (SSSR count). The van der Waals surface area contributed by atoms with Gasteiger partial charge in [-0.15, -0.1) is 0 Å². The van der Waals surface area contributed by atoms with Gasteiger partial charge in [0.05, 0.1) is 18.7 Å². The highest BCUT2D eigenvalue weighted by Crippen LogP contribution is 2.18. The normalized spacial score (nSPS) is 10.6. The number of ether oxygens (including phenoxy) is 1. The second-order valence-corrected chi connectivity index (χ2v) is 4.75. The zero-order valence-electron chi connectivity index (χ0n) is 12.4. The minimum atomic E-state index is -0.154. The molecule has 5 nitrogen and oxygen atoms in total. The van der Waals surface area contributed by atoms with E-state index in [9.17, 15) is 9.59 Å². The van der Waals surface area contributed by atoms with Crippen LogP contribution in [0.2, 0.25) is 0 Å². The van der Waals surface area contributed by atoms with E-state index < -0.39 is 0 Å². The predicted octanol–water partition coefficient (Wildman–Crippen LogP) is 2.34. The average molecular weight is 288 g/mol. The number of rotatable bonds is 7. The third-order valence-corrected chi connectivity index (χ3v) is 3.18. The van der Waals surface area contributed by atoms with E-state index in [4.69, 9.17) is 4.74 Å². The van der Waals surface area contributed by atoms with Gasteiger partial charge in [0.15, 0.2) is 5.78 Å². The van der Waals surface area contributed by atoms with Crippen LogP contribution in [-0.2, 0) is 13.1 Å². The lowest BCUT2D eigenvalue weighted by Gasteiger charge is -2.09. The largest absolute Gasteiger partial charge is 0.493 e. The third kappa shape index (κ3) is 3.42. The first-order valence-electron chi connectivity index (χ1n) is 7.18. The van der Waals surface area contributed by atoms with Crippen molar-refractivity contribution in [1.29, 1.82) is 0 Å². The first-order chi connectivity index (χ1) is 10.2. The van der Waals surface area contributed by atoms with Crippen molar-refractivity contribution in [3.63, 3.8) is 0 Å². The molecule has 21 heavy (non-hydrogen) atoms. The van der Waals surface area contributed by atoms with Crippen LogP contribution in [0.15, 0.2) is 41.5 Å². The van der Waals surface area contributed by atoms with Gasteiger partial charge in [-0.05, 0) is 25.5 Å². The molecule has 1 aromatic carbocycles. The van der Waals surface area contributed by atoms with E-state index in [0.29, 0.717) is 24.5 Å². The van der Waals surface area contributed by atoms with Crippen molar-refractivity contribution in [2.24, 2.45) is 0 Å². The molecular formula is C16H20N2O3. The molecule has 1 heterocycles. The monoisotopic (exact) mass is 288 g/mol. The minimum absolute atomic E-state index is 0.0274. The summed E-state index contributed by atoms with van der Waals surface area (Å²) in [4.78, 5) is 24.5. The molecular weight excluding hydrogens is 268 g/mol. The molecule has 1 aromatic heterocycles. The first kappa shape index (κ1) is 15.1. The van der Waals surface area contributed by atoms with Crippen LogP contribution < -0.4 is 10.4 Å². The Labute approximate surface area is 123 Å². The lowest BCUT2D eigenvalue weighted by molar-refractivity contribution is 0.0967. The van der Waals surface area contributed by atoms with Crippen LogP contribution in [0.1, 0.15) is 30.6 Å². The lowest BCUT2D eigenvalue weighted by Crippen LogP contribution is -2.26. The smallest absolute Gasteiger partial charge is 0.328 e. The molecule has 0 aliphatic heterocycles. The number of aromatic nitrogens is 2. The van der Waals surface area contributed by atoms with Crippen LogP contribution >= 0.6 is 0 Å². The summed E-state index contributed by atoms with van der Waals surface area (Å²) in [6, 6.07) is 7.11. The summed E-state index contributed by atoms with van der Waals surface area (Å²) in [6.07, 6.45) is 4.25. The van der Waals surface area contributed by atoms with Crippen molar-refractivity contribution in [3.05, 3.63) is 52.7 Å². The fourth-order valence-electron chi connectivity index (χ4n) is 2.20. The molecule has 0 fully saturated rings.